The van der Waals surface area contributed by atoms with Gasteiger partial charge in [-0.1, -0.05) is 19.8 Å². The zero-order chi connectivity index (χ0) is 11.0. The molecule has 0 aromatic carbocycles. The van der Waals surface area contributed by atoms with Crippen LogP contribution in [0.2, 0.25) is 0 Å². The molecule has 4 atom stereocenters. The molecule has 92 valence electrons. The van der Waals surface area contributed by atoms with Gasteiger partial charge >= 0.3 is 0 Å². The summed E-state index contributed by atoms with van der Waals surface area (Å²) in [5, 5.41) is 3.54. The molecule has 3 rings (SSSR count). The molecule has 0 aromatic heterocycles. The van der Waals surface area contributed by atoms with Gasteiger partial charge in [0.05, 0.1) is 0 Å². The van der Waals surface area contributed by atoms with Gasteiger partial charge in [0.2, 0.25) is 0 Å². The Hall–Kier alpha value is -0.0800. The van der Waals surface area contributed by atoms with Crippen molar-refractivity contribution in [2.75, 3.05) is 26.2 Å². The Balaban J connectivity index is 1.57. The molecule has 1 aliphatic carbocycles. The third-order valence-electron chi connectivity index (χ3n) is 5.16. The summed E-state index contributed by atoms with van der Waals surface area (Å²) in [4.78, 5) is 2.83. The van der Waals surface area contributed by atoms with E-state index < -0.39 is 0 Å². The van der Waals surface area contributed by atoms with E-state index in [1.807, 2.05) is 0 Å². The van der Waals surface area contributed by atoms with E-state index in [2.05, 4.69) is 17.1 Å². The van der Waals surface area contributed by atoms with Gasteiger partial charge in [-0.2, -0.15) is 0 Å². The number of rotatable bonds is 1. The van der Waals surface area contributed by atoms with Crippen LogP contribution in [0.3, 0.4) is 0 Å². The monoisotopic (exact) mass is 222 g/mol. The summed E-state index contributed by atoms with van der Waals surface area (Å²) in [5.74, 6) is 2.93. The van der Waals surface area contributed by atoms with E-state index in [1.165, 1.54) is 58.3 Å². The number of nitrogens with zero attached hydrogens (tertiary/aromatic N) is 1. The molecular weight excluding hydrogens is 196 g/mol. The molecule has 4 unspecified atom stereocenters. The van der Waals surface area contributed by atoms with E-state index >= 15 is 0 Å². The van der Waals surface area contributed by atoms with Crippen LogP contribution in [0.1, 0.15) is 39.0 Å². The van der Waals surface area contributed by atoms with Crippen molar-refractivity contribution in [2.24, 2.45) is 17.8 Å². The van der Waals surface area contributed by atoms with Crippen LogP contribution in [0.4, 0.5) is 0 Å². The van der Waals surface area contributed by atoms with Crippen LogP contribution in [0, 0.1) is 17.8 Å². The Kier molecular flexibility index (Phi) is 3.21. The van der Waals surface area contributed by atoms with E-state index in [9.17, 15) is 0 Å². The molecule has 2 heteroatoms. The molecule has 2 aliphatic heterocycles. The van der Waals surface area contributed by atoms with Crippen molar-refractivity contribution in [3.63, 3.8) is 0 Å². The fourth-order valence-electron chi connectivity index (χ4n) is 4.02. The predicted molar refractivity (Wildman–Crippen MR) is 67.5 cm³/mol. The molecule has 0 radical (unpaired) electrons. The normalized spacial score (nSPS) is 45.6. The van der Waals surface area contributed by atoms with Crippen LogP contribution in [0.25, 0.3) is 0 Å². The molecule has 3 aliphatic rings. The van der Waals surface area contributed by atoms with E-state index in [-0.39, 0.29) is 0 Å². The number of fused-ring (bicyclic) bond motifs is 1. The molecule has 0 amide bonds. The van der Waals surface area contributed by atoms with Crippen LogP contribution in [-0.2, 0) is 0 Å². The van der Waals surface area contributed by atoms with Gasteiger partial charge in [0.1, 0.15) is 0 Å². The molecule has 16 heavy (non-hydrogen) atoms. The van der Waals surface area contributed by atoms with Gasteiger partial charge in [0.15, 0.2) is 0 Å². The Bertz CT molecular complexity index is 229. The standard InChI is InChI=1S/C14H26N2/c1-11-3-2-4-14(6-5-11)16-9-12-7-15-8-13(12)10-16/h11-15H,2-10H2,1H3. The van der Waals surface area contributed by atoms with Crippen molar-refractivity contribution in [1.82, 2.24) is 10.2 Å². The summed E-state index contributed by atoms with van der Waals surface area (Å²) in [7, 11) is 0. The quantitative estimate of drug-likeness (QED) is 0.684. The first-order valence-corrected chi connectivity index (χ1v) is 7.27. The molecule has 3 fully saturated rings. The minimum Gasteiger partial charge on any atom is -0.316 e. The van der Waals surface area contributed by atoms with Gasteiger partial charge in [-0.25, -0.2) is 0 Å². The highest BCUT2D eigenvalue weighted by molar-refractivity contribution is 4.93. The lowest BCUT2D eigenvalue weighted by molar-refractivity contribution is 0.205. The van der Waals surface area contributed by atoms with Crippen molar-refractivity contribution in [3.8, 4) is 0 Å². The fourth-order valence-corrected chi connectivity index (χ4v) is 4.02. The predicted octanol–water partition coefficient (Wildman–Crippen LogP) is 2.11. The van der Waals surface area contributed by atoms with E-state index in [4.69, 9.17) is 0 Å². The van der Waals surface area contributed by atoms with E-state index in [0.29, 0.717) is 0 Å². The van der Waals surface area contributed by atoms with Crippen molar-refractivity contribution in [2.45, 2.75) is 45.1 Å². The Morgan fingerprint density at radius 2 is 1.69 bits per heavy atom. The second-order valence-corrected chi connectivity index (χ2v) is 6.40. The number of nitrogens with one attached hydrogen (secondary N) is 1. The number of likely N-dealkylation sites (tertiary alicyclic amines) is 1. The smallest absolute Gasteiger partial charge is 0.00956 e. The third kappa shape index (κ3) is 2.14. The highest BCUT2D eigenvalue weighted by atomic mass is 15.2. The first kappa shape index (κ1) is 11.0. The summed E-state index contributed by atoms with van der Waals surface area (Å²) < 4.78 is 0. The molecular formula is C14H26N2. The first-order valence-electron chi connectivity index (χ1n) is 7.27. The minimum absolute atomic E-state index is 0.926. The Morgan fingerprint density at radius 1 is 0.938 bits per heavy atom. The van der Waals surface area contributed by atoms with Crippen LogP contribution in [0.15, 0.2) is 0 Å². The highest BCUT2D eigenvalue weighted by Gasteiger charge is 2.38. The van der Waals surface area contributed by atoms with Gasteiger partial charge in [-0.3, -0.25) is 4.90 Å². The van der Waals surface area contributed by atoms with Crippen molar-refractivity contribution < 1.29 is 0 Å². The topological polar surface area (TPSA) is 15.3 Å². The van der Waals surface area contributed by atoms with Crippen molar-refractivity contribution in [1.29, 1.82) is 0 Å². The minimum atomic E-state index is 0.926. The lowest BCUT2D eigenvalue weighted by Gasteiger charge is -2.27. The molecule has 2 saturated heterocycles. The molecule has 0 bridgehead atoms. The average Bonchev–Trinajstić information content (AvgIpc) is 2.77. The van der Waals surface area contributed by atoms with E-state index in [1.54, 1.807) is 0 Å². The van der Waals surface area contributed by atoms with Gasteiger partial charge in [0.25, 0.3) is 0 Å². The molecule has 2 heterocycles. The van der Waals surface area contributed by atoms with Crippen molar-refractivity contribution >= 4 is 0 Å². The van der Waals surface area contributed by atoms with Crippen LogP contribution in [0.5, 0.6) is 0 Å². The maximum absolute atomic E-state index is 3.54. The summed E-state index contributed by atoms with van der Waals surface area (Å²) in [6.07, 6.45) is 7.34. The SMILES string of the molecule is CC1CCCC(N2CC3CNCC3C2)CC1. The second-order valence-electron chi connectivity index (χ2n) is 6.40. The molecule has 1 saturated carbocycles. The van der Waals surface area contributed by atoms with Crippen LogP contribution >= 0.6 is 0 Å². The zero-order valence-corrected chi connectivity index (χ0v) is 10.6. The molecule has 0 aromatic rings. The Labute approximate surface area is 99.8 Å². The maximum Gasteiger partial charge on any atom is 0.00956 e. The lowest BCUT2D eigenvalue weighted by Crippen LogP contribution is -2.35. The highest BCUT2D eigenvalue weighted by Crippen LogP contribution is 2.33. The van der Waals surface area contributed by atoms with Crippen LogP contribution < -0.4 is 5.32 Å². The van der Waals surface area contributed by atoms with Gasteiger partial charge in [0, 0.05) is 19.1 Å². The Morgan fingerprint density at radius 3 is 2.44 bits per heavy atom. The third-order valence-corrected chi connectivity index (χ3v) is 5.16. The van der Waals surface area contributed by atoms with Crippen molar-refractivity contribution in [3.05, 3.63) is 0 Å². The second kappa shape index (κ2) is 4.66. The lowest BCUT2D eigenvalue weighted by atomic mass is 10.0. The number of hydrogen-bond donors (Lipinski definition) is 1. The molecule has 0 spiro atoms. The van der Waals surface area contributed by atoms with Gasteiger partial charge < -0.3 is 5.32 Å². The fraction of sp³-hybridized carbons (Fsp3) is 1.00. The average molecular weight is 222 g/mol. The maximum atomic E-state index is 3.54. The summed E-state index contributed by atoms with van der Waals surface area (Å²) in [5.41, 5.74) is 0. The first-order chi connectivity index (χ1) is 7.83. The summed E-state index contributed by atoms with van der Waals surface area (Å²) in [6.45, 7) is 7.77. The van der Waals surface area contributed by atoms with Crippen LogP contribution in [-0.4, -0.2) is 37.1 Å². The zero-order valence-electron chi connectivity index (χ0n) is 10.6. The van der Waals surface area contributed by atoms with Gasteiger partial charge in [-0.15, -0.1) is 0 Å². The van der Waals surface area contributed by atoms with Gasteiger partial charge in [-0.05, 0) is 50.1 Å². The van der Waals surface area contributed by atoms with E-state index in [0.717, 1.165) is 23.8 Å². The summed E-state index contributed by atoms with van der Waals surface area (Å²) in [6, 6.07) is 0.926. The molecule has 1 N–H and O–H groups in total. The summed E-state index contributed by atoms with van der Waals surface area (Å²) >= 11 is 0. The largest absolute Gasteiger partial charge is 0.316 e. The number of hydrogen-bond acceptors (Lipinski definition) is 2. The molecule has 2 nitrogen and oxygen atoms in total.